The summed E-state index contributed by atoms with van der Waals surface area (Å²) in [4.78, 5) is 11.4. The Balaban J connectivity index is 3.72. The van der Waals surface area contributed by atoms with Crippen molar-refractivity contribution in [2.75, 3.05) is 13.1 Å². The molecule has 0 heterocycles. The molecule has 0 saturated heterocycles. The van der Waals surface area contributed by atoms with Gasteiger partial charge in [0.05, 0.1) is 6.54 Å². The summed E-state index contributed by atoms with van der Waals surface area (Å²) in [5.41, 5.74) is 0.193. The highest BCUT2D eigenvalue weighted by molar-refractivity contribution is 5.77. The zero-order chi connectivity index (χ0) is 12.1. The quantitative estimate of drug-likeness (QED) is 0.732. The third-order valence-electron chi connectivity index (χ3n) is 2.58. The summed E-state index contributed by atoms with van der Waals surface area (Å²) in [5.74, 6) is 0.591. The summed E-state index contributed by atoms with van der Waals surface area (Å²) in [6.45, 7) is 13.9. The SMILES string of the molecule is CC(C)CNC(=O)CNC(C)C(C)(C)C. The monoisotopic (exact) mass is 214 g/mol. The molecule has 0 aliphatic heterocycles. The Labute approximate surface area is 94.0 Å². The molecule has 0 bridgehead atoms. The number of hydrogen-bond donors (Lipinski definition) is 2. The molecular formula is C12H26N2O. The van der Waals surface area contributed by atoms with E-state index < -0.39 is 0 Å². The molecule has 0 aliphatic carbocycles. The Bertz CT molecular complexity index is 194. The number of rotatable bonds is 5. The van der Waals surface area contributed by atoms with Crippen molar-refractivity contribution in [1.29, 1.82) is 0 Å². The first-order valence-corrected chi connectivity index (χ1v) is 5.73. The molecule has 0 spiro atoms. The van der Waals surface area contributed by atoms with Gasteiger partial charge in [0.25, 0.3) is 0 Å². The minimum Gasteiger partial charge on any atom is -0.355 e. The van der Waals surface area contributed by atoms with E-state index in [1.165, 1.54) is 0 Å². The van der Waals surface area contributed by atoms with Crippen LogP contribution in [0.4, 0.5) is 0 Å². The second-order valence-corrected chi connectivity index (χ2v) is 5.67. The van der Waals surface area contributed by atoms with Gasteiger partial charge in [-0.1, -0.05) is 34.6 Å². The van der Waals surface area contributed by atoms with E-state index in [4.69, 9.17) is 0 Å². The van der Waals surface area contributed by atoms with E-state index in [9.17, 15) is 4.79 Å². The number of hydrogen-bond acceptors (Lipinski definition) is 2. The van der Waals surface area contributed by atoms with Crippen LogP contribution in [0.5, 0.6) is 0 Å². The van der Waals surface area contributed by atoms with Gasteiger partial charge in [-0.3, -0.25) is 4.79 Å². The Hall–Kier alpha value is -0.570. The van der Waals surface area contributed by atoms with Crippen LogP contribution in [-0.2, 0) is 4.79 Å². The first-order chi connectivity index (χ1) is 6.73. The van der Waals surface area contributed by atoms with Gasteiger partial charge in [-0.25, -0.2) is 0 Å². The second kappa shape index (κ2) is 6.11. The van der Waals surface area contributed by atoms with E-state index in [0.717, 1.165) is 6.54 Å². The summed E-state index contributed by atoms with van der Waals surface area (Å²) in [6.07, 6.45) is 0. The van der Waals surface area contributed by atoms with E-state index in [-0.39, 0.29) is 11.3 Å². The largest absolute Gasteiger partial charge is 0.355 e. The molecule has 0 fully saturated rings. The van der Waals surface area contributed by atoms with E-state index in [1.807, 2.05) is 0 Å². The lowest BCUT2D eigenvalue weighted by atomic mass is 9.88. The Morgan fingerprint density at radius 1 is 1.20 bits per heavy atom. The minimum absolute atomic E-state index is 0.0831. The van der Waals surface area contributed by atoms with Crippen LogP contribution in [0, 0.1) is 11.3 Å². The average molecular weight is 214 g/mol. The second-order valence-electron chi connectivity index (χ2n) is 5.67. The fourth-order valence-electron chi connectivity index (χ4n) is 0.932. The van der Waals surface area contributed by atoms with Crippen LogP contribution in [0.3, 0.4) is 0 Å². The maximum atomic E-state index is 11.4. The third kappa shape index (κ3) is 7.37. The average Bonchev–Trinajstić information content (AvgIpc) is 2.09. The Kier molecular flexibility index (Phi) is 5.88. The summed E-state index contributed by atoms with van der Waals surface area (Å²) in [7, 11) is 0. The molecule has 3 heteroatoms. The molecule has 0 rings (SSSR count). The van der Waals surface area contributed by atoms with Crippen molar-refractivity contribution in [3.63, 3.8) is 0 Å². The van der Waals surface area contributed by atoms with E-state index in [1.54, 1.807) is 0 Å². The van der Waals surface area contributed by atoms with Gasteiger partial charge >= 0.3 is 0 Å². The van der Waals surface area contributed by atoms with Crippen LogP contribution in [-0.4, -0.2) is 25.0 Å². The molecule has 90 valence electrons. The third-order valence-corrected chi connectivity index (χ3v) is 2.58. The predicted octanol–water partition coefficient (Wildman–Crippen LogP) is 1.78. The normalized spacial score (nSPS) is 14.1. The van der Waals surface area contributed by atoms with Crippen molar-refractivity contribution >= 4 is 5.91 Å². The van der Waals surface area contributed by atoms with Gasteiger partial charge in [0, 0.05) is 12.6 Å². The van der Waals surface area contributed by atoms with Crippen LogP contribution >= 0.6 is 0 Å². The lowest BCUT2D eigenvalue weighted by Gasteiger charge is -2.28. The lowest BCUT2D eigenvalue weighted by molar-refractivity contribution is -0.120. The number of carbonyl (C=O) groups excluding carboxylic acids is 1. The van der Waals surface area contributed by atoms with Crippen molar-refractivity contribution in [2.45, 2.75) is 47.6 Å². The maximum absolute atomic E-state index is 11.4. The van der Waals surface area contributed by atoms with Crippen LogP contribution < -0.4 is 10.6 Å². The predicted molar refractivity (Wildman–Crippen MR) is 64.8 cm³/mol. The fourth-order valence-corrected chi connectivity index (χ4v) is 0.932. The van der Waals surface area contributed by atoms with Crippen molar-refractivity contribution in [1.82, 2.24) is 10.6 Å². The van der Waals surface area contributed by atoms with Crippen molar-refractivity contribution < 1.29 is 4.79 Å². The first kappa shape index (κ1) is 14.4. The zero-order valence-electron chi connectivity index (χ0n) is 11.0. The van der Waals surface area contributed by atoms with E-state index in [2.05, 4.69) is 52.2 Å². The summed E-state index contributed by atoms with van der Waals surface area (Å²) < 4.78 is 0. The van der Waals surface area contributed by atoms with Gasteiger partial charge in [-0.2, -0.15) is 0 Å². The van der Waals surface area contributed by atoms with Crippen LogP contribution in [0.25, 0.3) is 0 Å². The van der Waals surface area contributed by atoms with Crippen molar-refractivity contribution in [3.8, 4) is 0 Å². The van der Waals surface area contributed by atoms with Crippen LogP contribution in [0.2, 0.25) is 0 Å². The molecule has 0 aromatic carbocycles. The molecule has 3 nitrogen and oxygen atoms in total. The molecule has 0 aromatic heterocycles. The number of amides is 1. The van der Waals surface area contributed by atoms with Crippen LogP contribution in [0.1, 0.15) is 41.5 Å². The van der Waals surface area contributed by atoms with Gasteiger partial charge in [0.2, 0.25) is 5.91 Å². The smallest absolute Gasteiger partial charge is 0.233 e. The fraction of sp³-hybridized carbons (Fsp3) is 0.917. The van der Waals surface area contributed by atoms with Gasteiger partial charge < -0.3 is 10.6 Å². The Morgan fingerprint density at radius 3 is 2.13 bits per heavy atom. The first-order valence-electron chi connectivity index (χ1n) is 5.73. The van der Waals surface area contributed by atoms with Gasteiger partial charge in [-0.15, -0.1) is 0 Å². The van der Waals surface area contributed by atoms with E-state index in [0.29, 0.717) is 18.5 Å². The highest BCUT2D eigenvalue weighted by Gasteiger charge is 2.19. The highest BCUT2D eigenvalue weighted by atomic mass is 16.1. The Morgan fingerprint density at radius 2 is 1.73 bits per heavy atom. The lowest BCUT2D eigenvalue weighted by Crippen LogP contribution is -2.44. The molecule has 0 aromatic rings. The number of nitrogens with one attached hydrogen (secondary N) is 2. The van der Waals surface area contributed by atoms with Crippen molar-refractivity contribution in [2.24, 2.45) is 11.3 Å². The van der Waals surface area contributed by atoms with E-state index >= 15 is 0 Å². The molecule has 1 atom stereocenters. The van der Waals surface area contributed by atoms with Gasteiger partial charge in [0.1, 0.15) is 0 Å². The summed E-state index contributed by atoms with van der Waals surface area (Å²) in [5, 5.41) is 6.12. The molecule has 15 heavy (non-hydrogen) atoms. The van der Waals surface area contributed by atoms with Gasteiger partial charge in [0.15, 0.2) is 0 Å². The molecule has 0 radical (unpaired) electrons. The van der Waals surface area contributed by atoms with Crippen molar-refractivity contribution in [3.05, 3.63) is 0 Å². The molecule has 2 N–H and O–H groups in total. The van der Waals surface area contributed by atoms with Crippen LogP contribution in [0.15, 0.2) is 0 Å². The minimum atomic E-state index is 0.0831. The maximum Gasteiger partial charge on any atom is 0.233 e. The molecule has 1 amide bonds. The molecule has 1 unspecified atom stereocenters. The van der Waals surface area contributed by atoms with Gasteiger partial charge in [-0.05, 0) is 18.3 Å². The highest BCUT2D eigenvalue weighted by Crippen LogP contribution is 2.17. The summed E-state index contributed by atoms with van der Waals surface area (Å²) in [6, 6.07) is 0.335. The standard InChI is InChI=1S/C12H26N2O/c1-9(2)7-14-11(15)8-13-10(3)12(4,5)6/h9-10,13H,7-8H2,1-6H3,(H,14,15). The summed E-state index contributed by atoms with van der Waals surface area (Å²) >= 11 is 0. The zero-order valence-corrected chi connectivity index (χ0v) is 11.0. The molecule has 0 saturated carbocycles. The molecule has 0 aliphatic rings. The molecular weight excluding hydrogens is 188 g/mol. The topological polar surface area (TPSA) is 41.1 Å². The number of carbonyl (C=O) groups is 1.